The first kappa shape index (κ1) is 14.3. The third-order valence-electron chi connectivity index (χ3n) is 4.25. The number of hydrogen-bond donors (Lipinski definition) is 1. The molecule has 1 aromatic heterocycles. The molecule has 1 aliphatic carbocycles. The highest BCUT2D eigenvalue weighted by atomic mass is 32.1. The Labute approximate surface area is 126 Å². The zero-order valence-electron chi connectivity index (χ0n) is 12.6. The van der Waals surface area contributed by atoms with Crippen molar-refractivity contribution in [1.82, 2.24) is 9.88 Å². The molecule has 5 heteroatoms. The minimum absolute atomic E-state index is 0.229. The number of aromatic nitrogens is 1. The number of nitrogens with zero attached hydrogens (tertiary/aromatic N) is 3. The predicted molar refractivity (Wildman–Crippen MR) is 85.5 cm³/mol. The SMILES string of the molecule is CC(C)CN1CCN(c2nc3c(s2)C(N)CCC3)CC1. The molecule has 0 radical (unpaired) electrons. The van der Waals surface area contributed by atoms with Crippen molar-refractivity contribution in [1.29, 1.82) is 0 Å². The van der Waals surface area contributed by atoms with Gasteiger partial charge in [0.1, 0.15) is 0 Å². The topological polar surface area (TPSA) is 45.4 Å². The highest BCUT2D eigenvalue weighted by molar-refractivity contribution is 7.15. The lowest BCUT2D eigenvalue weighted by molar-refractivity contribution is 0.231. The van der Waals surface area contributed by atoms with E-state index in [1.807, 2.05) is 11.3 Å². The van der Waals surface area contributed by atoms with Crippen LogP contribution in [0.4, 0.5) is 5.13 Å². The van der Waals surface area contributed by atoms with Crippen LogP contribution in [0.2, 0.25) is 0 Å². The van der Waals surface area contributed by atoms with Gasteiger partial charge < -0.3 is 10.6 Å². The van der Waals surface area contributed by atoms with Crippen molar-refractivity contribution < 1.29 is 0 Å². The maximum atomic E-state index is 6.21. The number of anilines is 1. The normalized spacial score (nSPS) is 24.2. The van der Waals surface area contributed by atoms with Crippen LogP contribution in [-0.4, -0.2) is 42.6 Å². The molecule has 3 rings (SSSR count). The van der Waals surface area contributed by atoms with Gasteiger partial charge in [-0.1, -0.05) is 25.2 Å². The van der Waals surface area contributed by atoms with Crippen LogP contribution in [0.25, 0.3) is 0 Å². The fraction of sp³-hybridized carbons (Fsp3) is 0.800. The fourth-order valence-electron chi connectivity index (χ4n) is 3.21. The van der Waals surface area contributed by atoms with Gasteiger partial charge in [-0.05, 0) is 25.2 Å². The number of rotatable bonds is 3. The Bertz CT molecular complexity index is 449. The van der Waals surface area contributed by atoms with Gasteiger partial charge in [0.2, 0.25) is 0 Å². The standard InChI is InChI=1S/C15H26N4S/c1-11(2)10-18-6-8-19(9-7-18)15-17-13-5-3-4-12(16)14(13)20-15/h11-12H,3-10,16H2,1-2H3. The molecule has 1 aromatic rings. The highest BCUT2D eigenvalue weighted by Crippen LogP contribution is 2.36. The lowest BCUT2D eigenvalue weighted by atomic mass is 9.99. The smallest absolute Gasteiger partial charge is 0.185 e. The summed E-state index contributed by atoms with van der Waals surface area (Å²) in [5.41, 5.74) is 7.48. The number of nitrogens with two attached hydrogens (primary N) is 1. The summed E-state index contributed by atoms with van der Waals surface area (Å²) in [6.45, 7) is 10.3. The van der Waals surface area contributed by atoms with Crippen LogP contribution in [-0.2, 0) is 6.42 Å². The maximum absolute atomic E-state index is 6.21. The van der Waals surface area contributed by atoms with Gasteiger partial charge in [0.15, 0.2) is 5.13 Å². The van der Waals surface area contributed by atoms with Gasteiger partial charge >= 0.3 is 0 Å². The van der Waals surface area contributed by atoms with Gasteiger partial charge in [-0.15, -0.1) is 0 Å². The van der Waals surface area contributed by atoms with Crippen molar-refractivity contribution >= 4 is 16.5 Å². The zero-order valence-corrected chi connectivity index (χ0v) is 13.5. The molecule has 1 atom stereocenters. The van der Waals surface area contributed by atoms with Gasteiger partial charge in [-0.2, -0.15) is 0 Å². The highest BCUT2D eigenvalue weighted by Gasteiger charge is 2.25. The molecule has 0 saturated carbocycles. The summed E-state index contributed by atoms with van der Waals surface area (Å²) in [6.07, 6.45) is 3.43. The Kier molecular flexibility index (Phi) is 4.29. The van der Waals surface area contributed by atoms with Gasteiger partial charge in [0.25, 0.3) is 0 Å². The predicted octanol–water partition coefficient (Wildman–Crippen LogP) is 2.26. The number of aryl methyl sites for hydroxylation is 1. The maximum Gasteiger partial charge on any atom is 0.185 e. The molecule has 20 heavy (non-hydrogen) atoms. The van der Waals surface area contributed by atoms with E-state index in [1.54, 1.807) is 0 Å². The second kappa shape index (κ2) is 6.00. The summed E-state index contributed by atoms with van der Waals surface area (Å²) in [5, 5.41) is 1.21. The molecule has 1 aliphatic heterocycles. The van der Waals surface area contributed by atoms with Crippen LogP contribution in [0.1, 0.15) is 43.3 Å². The van der Waals surface area contributed by atoms with E-state index in [1.165, 1.54) is 28.7 Å². The molecule has 2 aliphatic rings. The molecule has 0 aromatic carbocycles. The summed E-state index contributed by atoms with van der Waals surface area (Å²) in [4.78, 5) is 11.2. The average Bonchev–Trinajstić information content (AvgIpc) is 2.84. The summed E-state index contributed by atoms with van der Waals surface area (Å²) >= 11 is 1.84. The van der Waals surface area contributed by atoms with E-state index in [0.717, 1.165) is 44.9 Å². The molecule has 1 unspecified atom stereocenters. The Morgan fingerprint density at radius 3 is 2.70 bits per heavy atom. The first-order valence-electron chi connectivity index (χ1n) is 7.86. The van der Waals surface area contributed by atoms with Crippen molar-refractivity contribution in [3.05, 3.63) is 10.6 Å². The van der Waals surface area contributed by atoms with Crippen LogP contribution in [0.5, 0.6) is 0 Å². The van der Waals surface area contributed by atoms with Gasteiger partial charge in [-0.3, -0.25) is 4.90 Å². The molecular weight excluding hydrogens is 268 g/mol. The summed E-state index contributed by atoms with van der Waals surface area (Å²) in [5.74, 6) is 0.756. The van der Waals surface area contributed by atoms with E-state index in [2.05, 4.69) is 23.6 Å². The summed E-state index contributed by atoms with van der Waals surface area (Å²) in [7, 11) is 0. The van der Waals surface area contributed by atoms with Gasteiger partial charge in [0, 0.05) is 43.6 Å². The molecule has 0 bridgehead atoms. The van der Waals surface area contributed by atoms with Crippen LogP contribution < -0.4 is 10.6 Å². The molecule has 1 fully saturated rings. The minimum Gasteiger partial charge on any atom is -0.346 e. The van der Waals surface area contributed by atoms with Crippen molar-refractivity contribution in [2.75, 3.05) is 37.6 Å². The monoisotopic (exact) mass is 294 g/mol. The molecule has 2 heterocycles. The zero-order chi connectivity index (χ0) is 14.1. The van der Waals surface area contributed by atoms with Crippen LogP contribution in [0, 0.1) is 5.92 Å². The Balaban J connectivity index is 1.64. The first-order valence-corrected chi connectivity index (χ1v) is 8.67. The molecule has 0 spiro atoms. The molecule has 112 valence electrons. The van der Waals surface area contributed by atoms with E-state index in [-0.39, 0.29) is 6.04 Å². The average molecular weight is 294 g/mol. The van der Waals surface area contributed by atoms with E-state index >= 15 is 0 Å². The van der Waals surface area contributed by atoms with Crippen molar-refractivity contribution in [3.8, 4) is 0 Å². The van der Waals surface area contributed by atoms with Crippen molar-refractivity contribution in [3.63, 3.8) is 0 Å². The molecule has 0 amide bonds. The Hall–Kier alpha value is -0.650. The number of hydrogen-bond acceptors (Lipinski definition) is 5. The Morgan fingerprint density at radius 1 is 1.30 bits per heavy atom. The Morgan fingerprint density at radius 2 is 2.05 bits per heavy atom. The molecule has 4 nitrogen and oxygen atoms in total. The van der Waals surface area contributed by atoms with Crippen molar-refractivity contribution in [2.24, 2.45) is 11.7 Å². The summed E-state index contributed by atoms with van der Waals surface area (Å²) in [6, 6.07) is 0.229. The molecule has 2 N–H and O–H groups in total. The summed E-state index contributed by atoms with van der Waals surface area (Å²) < 4.78 is 0. The van der Waals surface area contributed by atoms with E-state index in [4.69, 9.17) is 10.7 Å². The number of thiazole rings is 1. The lowest BCUT2D eigenvalue weighted by Gasteiger charge is -2.35. The van der Waals surface area contributed by atoms with E-state index in [9.17, 15) is 0 Å². The van der Waals surface area contributed by atoms with Crippen LogP contribution in [0.3, 0.4) is 0 Å². The van der Waals surface area contributed by atoms with E-state index in [0.29, 0.717) is 0 Å². The first-order chi connectivity index (χ1) is 9.63. The minimum atomic E-state index is 0.229. The van der Waals surface area contributed by atoms with E-state index < -0.39 is 0 Å². The lowest BCUT2D eigenvalue weighted by Crippen LogP contribution is -2.47. The quantitative estimate of drug-likeness (QED) is 0.929. The molecule has 1 saturated heterocycles. The number of piperazine rings is 1. The largest absolute Gasteiger partial charge is 0.346 e. The second-order valence-electron chi connectivity index (χ2n) is 6.49. The third-order valence-corrected chi connectivity index (χ3v) is 5.54. The van der Waals surface area contributed by atoms with Gasteiger partial charge in [0.05, 0.1) is 5.69 Å². The third kappa shape index (κ3) is 3.00. The van der Waals surface area contributed by atoms with Crippen LogP contribution >= 0.6 is 11.3 Å². The fourth-order valence-corrected chi connectivity index (χ4v) is 4.41. The van der Waals surface area contributed by atoms with Crippen LogP contribution in [0.15, 0.2) is 0 Å². The van der Waals surface area contributed by atoms with Gasteiger partial charge in [-0.25, -0.2) is 4.98 Å². The second-order valence-corrected chi connectivity index (χ2v) is 7.50. The molecular formula is C15H26N4S. The number of fused-ring (bicyclic) bond motifs is 1. The van der Waals surface area contributed by atoms with Crippen molar-refractivity contribution in [2.45, 2.75) is 39.2 Å².